The molecule has 0 aromatic heterocycles. The molecule has 1 heterocycles. The topological polar surface area (TPSA) is 38.7 Å². The monoisotopic (exact) mass is 341 g/mol. The van der Waals surface area contributed by atoms with Gasteiger partial charge in [0.25, 0.3) is 0 Å². The van der Waals surface area contributed by atoms with Crippen LogP contribution in [-0.4, -0.2) is 11.6 Å². The maximum atomic E-state index is 13.1. The minimum Gasteiger partial charge on any atom is -0.458 e. The van der Waals surface area contributed by atoms with Crippen molar-refractivity contribution in [2.45, 2.75) is 38.8 Å². The van der Waals surface area contributed by atoms with E-state index in [2.05, 4.69) is 0 Å². The summed E-state index contributed by atoms with van der Waals surface area (Å²) in [6, 6.07) is 13.3. The zero-order chi connectivity index (χ0) is 17.5. The van der Waals surface area contributed by atoms with Crippen LogP contribution in [0.3, 0.4) is 0 Å². The van der Waals surface area contributed by atoms with Crippen molar-refractivity contribution in [3.05, 3.63) is 69.2 Å². The summed E-state index contributed by atoms with van der Waals surface area (Å²) in [6.45, 7) is 7.48. The van der Waals surface area contributed by atoms with Gasteiger partial charge in [0, 0.05) is 5.02 Å². The molecule has 3 rings (SSSR count). The van der Waals surface area contributed by atoms with Crippen LogP contribution in [0.5, 0.6) is 0 Å². The lowest BCUT2D eigenvalue weighted by Crippen LogP contribution is -2.38. The van der Waals surface area contributed by atoms with E-state index in [4.69, 9.17) is 21.3 Å². The summed E-state index contributed by atoms with van der Waals surface area (Å²) in [7, 11) is 0. The first-order valence-electron chi connectivity index (χ1n) is 7.89. The minimum absolute atomic E-state index is 0.397. The Balaban J connectivity index is 2.21. The van der Waals surface area contributed by atoms with Gasteiger partial charge in [0.2, 0.25) is 5.54 Å². The molecule has 2 aromatic rings. The highest BCUT2D eigenvalue weighted by atomic mass is 35.5. The third-order valence-electron chi connectivity index (χ3n) is 3.92. The molecule has 3 nitrogen and oxygen atoms in total. The number of halogens is 1. The van der Waals surface area contributed by atoms with E-state index in [1.54, 1.807) is 6.07 Å². The lowest BCUT2D eigenvalue weighted by atomic mass is 9.89. The Morgan fingerprint density at radius 3 is 2.50 bits per heavy atom. The lowest BCUT2D eigenvalue weighted by molar-refractivity contribution is -0.159. The maximum absolute atomic E-state index is 13.1. The molecule has 1 atom stereocenters. The van der Waals surface area contributed by atoms with Crippen molar-refractivity contribution in [3.63, 3.8) is 0 Å². The average Bonchev–Trinajstić information content (AvgIpc) is 2.89. The molecule has 0 radical (unpaired) electrons. The van der Waals surface area contributed by atoms with Gasteiger partial charge in [-0.3, -0.25) is 4.99 Å². The molecule has 0 fully saturated rings. The van der Waals surface area contributed by atoms with Crippen LogP contribution in [0.4, 0.5) is 0 Å². The molecule has 1 aliphatic heterocycles. The van der Waals surface area contributed by atoms with Crippen LogP contribution in [0.25, 0.3) is 6.08 Å². The Morgan fingerprint density at radius 2 is 1.88 bits per heavy atom. The summed E-state index contributed by atoms with van der Waals surface area (Å²) in [5, 5.41) is 2.30. The third kappa shape index (κ3) is 2.96. The average molecular weight is 342 g/mol. The first-order valence-corrected chi connectivity index (χ1v) is 8.27. The van der Waals surface area contributed by atoms with Gasteiger partial charge in [-0.25, -0.2) is 4.79 Å². The fraction of sp³-hybridized carbons (Fsp3) is 0.300. The summed E-state index contributed by atoms with van der Waals surface area (Å²) >= 11 is 6.30. The summed E-state index contributed by atoms with van der Waals surface area (Å²) in [5.41, 5.74) is -0.135. The largest absolute Gasteiger partial charge is 0.458 e. The van der Waals surface area contributed by atoms with Gasteiger partial charge in [-0.15, -0.1) is 0 Å². The number of benzene rings is 2. The van der Waals surface area contributed by atoms with Crippen LogP contribution in [0.15, 0.2) is 47.5 Å². The Bertz CT molecular complexity index is 890. The second-order valence-electron chi connectivity index (χ2n) is 7.05. The van der Waals surface area contributed by atoms with E-state index in [1.165, 1.54) is 0 Å². The van der Waals surface area contributed by atoms with Crippen molar-refractivity contribution in [3.8, 4) is 0 Å². The van der Waals surface area contributed by atoms with Gasteiger partial charge in [-0.2, -0.15) is 0 Å². The lowest BCUT2D eigenvalue weighted by Gasteiger charge is -2.28. The van der Waals surface area contributed by atoms with Gasteiger partial charge >= 0.3 is 5.97 Å². The summed E-state index contributed by atoms with van der Waals surface area (Å²) in [4.78, 5) is 17.8. The molecule has 124 valence electrons. The molecule has 0 saturated heterocycles. The van der Waals surface area contributed by atoms with Crippen molar-refractivity contribution in [1.29, 1.82) is 0 Å². The molecule has 0 bridgehead atoms. The normalized spacial score (nSPS) is 19.2. The van der Waals surface area contributed by atoms with Crippen LogP contribution in [0, 0.1) is 6.92 Å². The number of esters is 1. The van der Waals surface area contributed by atoms with Crippen molar-refractivity contribution in [2.24, 2.45) is 4.99 Å². The summed E-state index contributed by atoms with van der Waals surface area (Å²) in [5.74, 6) is -0.397. The molecule has 0 N–H and O–H groups in total. The minimum atomic E-state index is -1.20. The van der Waals surface area contributed by atoms with Gasteiger partial charge in [0.05, 0.1) is 5.36 Å². The highest BCUT2D eigenvalue weighted by Crippen LogP contribution is 2.34. The highest BCUT2D eigenvalue weighted by Gasteiger charge is 2.43. The van der Waals surface area contributed by atoms with Crippen LogP contribution in [0.1, 0.15) is 31.9 Å². The third-order valence-corrected chi connectivity index (χ3v) is 4.33. The van der Waals surface area contributed by atoms with E-state index in [-0.39, 0.29) is 0 Å². The van der Waals surface area contributed by atoms with Crippen LogP contribution < -0.4 is 10.6 Å². The summed E-state index contributed by atoms with van der Waals surface area (Å²) in [6.07, 6.45) is 1.86. The first kappa shape index (κ1) is 16.7. The van der Waals surface area contributed by atoms with Gasteiger partial charge in [0.1, 0.15) is 5.60 Å². The number of carbonyl (C=O) groups is 1. The molecule has 2 aromatic carbocycles. The number of carbonyl (C=O) groups excluding carboxylic acids is 1. The molecule has 0 amide bonds. The zero-order valence-corrected chi connectivity index (χ0v) is 15.0. The van der Waals surface area contributed by atoms with Gasteiger partial charge in [0.15, 0.2) is 0 Å². The van der Waals surface area contributed by atoms with Gasteiger partial charge < -0.3 is 4.74 Å². The molecule has 4 heteroatoms. The molecule has 1 aliphatic rings. The number of para-hydroxylation sites is 1. The van der Waals surface area contributed by atoms with Crippen molar-refractivity contribution >= 4 is 23.6 Å². The van der Waals surface area contributed by atoms with E-state index < -0.39 is 17.1 Å². The molecular formula is C20H20ClNO2. The second kappa shape index (κ2) is 5.75. The van der Waals surface area contributed by atoms with Gasteiger partial charge in [-0.05, 0) is 62.2 Å². The quantitative estimate of drug-likeness (QED) is 0.786. The van der Waals surface area contributed by atoms with E-state index in [0.29, 0.717) is 10.6 Å². The molecule has 0 saturated carbocycles. The van der Waals surface area contributed by atoms with Crippen molar-refractivity contribution in [2.75, 3.05) is 0 Å². The number of nitrogens with zero attached hydrogens (tertiary/aromatic N) is 1. The fourth-order valence-electron chi connectivity index (χ4n) is 2.71. The Morgan fingerprint density at radius 1 is 1.17 bits per heavy atom. The van der Waals surface area contributed by atoms with Crippen LogP contribution in [0.2, 0.25) is 5.02 Å². The standard InChI is InChI=1S/C20H20ClNO2/c1-13-9-10-15(11-16(13)21)20(18(23)24-19(2,3)4)12-14-7-5-6-8-17(14)22-20/h5-12H,1-4H3. The van der Waals surface area contributed by atoms with E-state index in [0.717, 1.165) is 16.1 Å². The molecule has 1 unspecified atom stereocenters. The number of hydrogen-bond acceptors (Lipinski definition) is 3. The number of ether oxygens (including phenoxy) is 1. The van der Waals surface area contributed by atoms with E-state index in [1.807, 2.05) is 70.2 Å². The Labute approximate surface area is 146 Å². The zero-order valence-electron chi connectivity index (χ0n) is 14.3. The predicted octanol–water partition coefficient (Wildman–Crippen LogP) is 3.30. The van der Waals surface area contributed by atoms with Gasteiger partial charge in [-0.1, -0.05) is 41.9 Å². The summed E-state index contributed by atoms with van der Waals surface area (Å²) < 4.78 is 5.67. The fourth-order valence-corrected chi connectivity index (χ4v) is 2.90. The Kier molecular flexibility index (Phi) is 4.00. The van der Waals surface area contributed by atoms with E-state index in [9.17, 15) is 4.79 Å². The highest BCUT2D eigenvalue weighted by molar-refractivity contribution is 6.31. The van der Waals surface area contributed by atoms with Crippen LogP contribution in [-0.2, 0) is 15.1 Å². The molecule has 24 heavy (non-hydrogen) atoms. The molecule has 0 aliphatic carbocycles. The van der Waals surface area contributed by atoms with Crippen molar-refractivity contribution in [1.82, 2.24) is 0 Å². The SMILES string of the molecule is Cc1ccc(C2(C(=O)OC(C)(C)C)C=c3ccccc3=N2)cc1Cl. The first-order chi connectivity index (χ1) is 11.2. The number of rotatable bonds is 2. The van der Waals surface area contributed by atoms with Crippen molar-refractivity contribution < 1.29 is 9.53 Å². The number of fused-ring (bicyclic) bond motifs is 1. The molecular weight excluding hydrogens is 322 g/mol. The maximum Gasteiger partial charge on any atom is 0.343 e. The Hall–Kier alpha value is -2.13. The van der Waals surface area contributed by atoms with E-state index >= 15 is 0 Å². The number of aryl methyl sites for hydroxylation is 1. The number of hydrogen-bond donors (Lipinski definition) is 0. The predicted molar refractivity (Wildman–Crippen MR) is 95.4 cm³/mol. The second-order valence-corrected chi connectivity index (χ2v) is 7.45. The smallest absolute Gasteiger partial charge is 0.343 e. The van der Waals surface area contributed by atoms with Crippen LogP contribution >= 0.6 is 11.6 Å². The molecule has 0 spiro atoms.